The molecule has 3 aromatic heterocycles. The lowest BCUT2D eigenvalue weighted by Gasteiger charge is -2.66. The molecule has 3 heterocycles. The summed E-state index contributed by atoms with van der Waals surface area (Å²) in [5.74, 6) is -0.0734. The van der Waals surface area contributed by atoms with E-state index in [-0.39, 0.29) is 22.9 Å². The van der Waals surface area contributed by atoms with Crippen LogP contribution in [0.4, 0.5) is 13.2 Å². The van der Waals surface area contributed by atoms with Crippen LogP contribution in [-0.4, -0.2) is 26.8 Å². The molecule has 3 fully saturated rings. The summed E-state index contributed by atoms with van der Waals surface area (Å²) in [6.45, 7) is 2.17. The number of ether oxygens (including phenoxy) is 1. The first kappa shape index (κ1) is 20.5. The van der Waals surface area contributed by atoms with E-state index in [1.807, 2.05) is 13.1 Å². The van der Waals surface area contributed by atoms with Crippen molar-refractivity contribution in [2.45, 2.75) is 44.2 Å². The van der Waals surface area contributed by atoms with Crippen LogP contribution in [0, 0.1) is 16.7 Å². The molecule has 6 nitrogen and oxygen atoms in total. The number of fused-ring (bicyclic) bond motifs is 1. The first-order chi connectivity index (χ1) is 15.2. The number of alkyl halides is 3. The van der Waals surface area contributed by atoms with Crippen molar-refractivity contribution in [3.63, 3.8) is 0 Å². The standard InChI is InChI=1S/C23H19F3N4O2/c1-2-32-17-7-20-29-19(22-10-21(11-22,12-22)13-27)9-30(20)8-14(17)6-16(31)15-4-3-5-18(28-15)23(24,25)26/h3-5,7-9H,2,6,10-12H2,1H3. The molecule has 3 aromatic rings. The molecule has 9 heteroatoms. The second-order valence-electron chi connectivity index (χ2n) is 8.70. The lowest BCUT2D eigenvalue weighted by molar-refractivity contribution is -0.141. The highest BCUT2D eigenvalue weighted by atomic mass is 19.4. The second kappa shape index (κ2) is 6.79. The van der Waals surface area contributed by atoms with Gasteiger partial charge < -0.3 is 9.14 Å². The number of ketones is 1. The number of pyridine rings is 2. The first-order valence-corrected chi connectivity index (χ1v) is 10.3. The number of halogens is 3. The maximum absolute atomic E-state index is 13.0. The Morgan fingerprint density at radius 1 is 1.25 bits per heavy atom. The van der Waals surface area contributed by atoms with Gasteiger partial charge in [-0.15, -0.1) is 0 Å². The third-order valence-electron chi connectivity index (χ3n) is 6.42. The maximum atomic E-state index is 13.0. The van der Waals surface area contributed by atoms with E-state index in [9.17, 15) is 23.2 Å². The van der Waals surface area contributed by atoms with Gasteiger partial charge in [0.05, 0.1) is 23.8 Å². The van der Waals surface area contributed by atoms with Crippen LogP contribution in [0.5, 0.6) is 5.75 Å². The Morgan fingerprint density at radius 3 is 2.66 bits per heavy atom. The van der Waals surface area contributed by atoms with Crippen molar-refractivity contribution in [3.05, 3.63) is 59.3 Å². The van der Waals surface area contributed by atoms with Crippen LogP contribution < -0.4 is 4.74 Å². The van der Waals surface area contributed by atoms with Crippen LogP contribution in [0.25, 0.3) is 5.65 Å². The van der Waals surface area contributed by atoms with Crippen molar-refractivity contribution >= 4 is 11.4 Å². The smallest absolute Gasteiger partial charge is 0.433 e. The number of carbonyl (C=O) groups is 1. The summed E-state index contributed by atoms with van der Waals surface area (Å²) in [7, 11) is 0. The number of hydrogen-bond donors (Lipinski definition) is 0. The topological polar surface area (TPSA) is 80.3 Å². The van der Waals surface area contributed by atoms with Gasteiger partial charge in [-0.25, -0.2) is 9.97 Å². The zero-order valence-electron chi connectivity index (χ0n) is 17.2. The number of Topliss-reactive ketones (excluding diaryl/α,β-unsaturated/α-hetero) is 1. The van der Waals surface area contributed by atoms with Gasteiger partial charge in [-0.1, -0.05) is 6.07 Å². The van der Waals surface area contributed by atoms with Crippen molar-refractivity contribution in [3.8, 4) is 11.8 Å². The van der Waals surface area contributed by atoms with Gasteiger partial charge in [-0.3, -0.25) is 4.79 Å². The average Bonchev–Trinajstić information content (AvgIpc) is 3.08. The number of aromatic nitrogens is 3. The second-order valence-corrected chi connectivity index (χ2v) is 8.70. The number of rotatable bonds is 6. The molecule has 3 saturated carbocycles. The molecule has 0 radical (unpaired) electrons. The summed E-state index contributed by atoms with van der Waals surface area (Å²) in [6, 6.07) is 7.42. The third kappa shape index (κ3) is 3.13. The molecular weight excluding hydrogens is 421 g/mol. The minimum absolute atomic E-state index is 0.0501. The van der Waals surface area contributed by atoms with Gasteiger partial charge in [0.2, 0.25) is 0 Å². The molecule has 164 valence electrons. The van der Waals surface area contributed by atoms with Gasteiger partial charge in [0.15, 0.2) is 5.78 Å². The molecule has 6 rings (SSSR count). The van der Waals surface area contributed by atoms with E-state index in [0.29, 0.717) is 23.6 Å². The molecule has 0 N–H and O–H groups in total. The van der Waals surface area contributed by atoms with Gasteiger partial charge in [0.1, 0.15) is 22.8 Å². The minimum atomic E-state index is -4.62. The van der Waals surface area contributed by atoms with Crippen LogP contribution in [0.15, 0.2) is 36.7 Å². The van der Waals surface area contributed by atoms with E-state index in [1.165, 1.54) is 12.1 Å². The number of nitriles is 1. The summed E-state index contributed by atoms with van der Waals surface area (Å²) in [5, 5.41) is 9.26. The Morgan fingerprint density at radius 2 is 2.00 bits per heavy atom. The fraction of sp³-hybridized carbons (Fsp3) is 0.391. The minimum Gasteiger partial charge on any atom is -0.493 e. The quantitative estimate of drug-likeness (QED) is 0.527. The van der Waals surface area contributed by atoms with Crippen LogP contribution in [0.1, 0.15) is 53.6 Å². The number of hydrogen-bond acceptors (Lipinski definition) is 5. The third-order valence-corrected chi connectivity index (χ3v) is 6.42. The molecule has 0 spiro atoms. The largest absolute Gasteiger partial charge is 0.493 e. The van der Waals surface area contributed by atoms with Crippen LogP contribution >= 0.6 is 0 Å². The molecule has 32 heavy (non-hydrogen) atoms. The lowest BCUT2D eigenvalue weighted by Crippen LogP contribution is -2.63. The number of imidazole rings is 1. The van der Waals surface area contributed by atoms with Crippen LogP contribution in [0.2, 0.25) is 0 Å². The highest BCUT2D eigenvalue weighted by Crippen LogP contribution is 2.73. The normalized spacial score (nSPS) is 23.8. The Labute approximate surface area is 181 Å². The van der Waals surface area contributed by atoms with Crippen molar-refractivity contribution in [2.75, 3.05) is 6.61 Å². The van der Waals surface area contributed by atoms with E-state index < -0.39 is 17.7 Å². The fourth-order valence-electron chi connectivity index (χ4n) is 4.93. The van der Waals surface area contributed by atoms with E-state index >= 15 is 0 Å². The molecular formula is C23H19F3N4O2. The SMILES string of the molecule is CCOc1cc2nc(C34CC(C#N)(C3)C4)cn2cc1CC(=O)c1cccc(C(F)(F)F)n1. The van der Waals surface area contributed by atoms with Gasteiger partial charge in [-0.05, 0) is 38.3 Å². The van der Waals surface area contributed by atoms with E-state index in [4.69, 9.17) is 9.72 Å². The van der Waals surface area contributed by atoms with Crippen molar-refractivity contribution < 1.29 is 22.7 Å². The van der Waals surface area contributed by atoms with Crippen molar-refractivity contribution in [1.82, 2.24) is 14.4 Å². The Bertz CT molecular complexity index is 1270. The molecule has 0 aromatic carbocycles. The number of carbonyl (C=O) groups excluding carboxylic acids is 1. The van der Waals surface area contributed by atoms with Crippen molar-refractivity contribution in [2.24, 2.45) is 5.41 Å². The summed E-state index contributed by atoms with van der Waals surface area (Å²) in [5.41, 5.74) is 0.528. The molecule has 2 bridgehead atoms. The first-order valence-electron chi connectivity index (χ1n) is 10.3. The number of nitrogens with zero attached hydrogens (tertiary/aromatic N) is 4. The monoisotopic (exact) mass is 440 g/mol. The van der Waals surface area contributed by atoms with E-state index in [1.54, 1.807) is 16.7 Å². The maximum Gasteiger partial charge on any atom is 0.433 e. The summed E-state index contributed by atoms with van der Waals surface area (Å²) in [4.78, 5) is 21.0. The van der Waals surface area contributed by atoms with Crippen molar-refractivity contribution in [1.29, 1.82) is 5.26 Å². The van der Waals surface area contributed by atoms with E-state index in [2.05, 4.69) is 11.1 Å². The van der Waals surface area contributed by atoms with Gasteiger partial charge in [0, 0.05) is 35.9 Å². The summed E-state index contributed by atoms with van der Waals surface area (Å²) >= 11 is 0. The highest BCUT2D eigenvalue weighted by Gasteiger charge is 2.70. The fourth-order valence-corrected chi connectivity index (χ4v) is 4.93. The lowest BCUT2D eigenvalue weighted by atomic mass is 9.35. The molecule has 0 saturated heterocycles. The molecule has 3 aliphatic rings. The summed E-state index contributed by atoms with van der Waals surface area (Å²) in [6.07, 6.45) is 1.29. The van der Waals surface area contributed by atoms with E-state index in [0.717, 1.165) is 31.0 Å². The molecule has 0 amide bonds. The summed E-state index contributed by atoms with van der Waals surface area (Å²) < 4.78 is 46.4. The zero-order valence-corrected chi connectivity index (χ0v) is 17.2. The highest BCUT2D eigenvalue weighted by molar-refractivity contribution is 5.96. The molecule has 0 atom stereocenters. The van der Waals surface area contributed by atoms with Crippen LogP contribution in [0.3, 0.4) is 0 Å². The van der Waals surface area contributed by atoms with Gasteiger partial charge >= 0.3 is 6.18 Å². The Balaban J connectivity index is 1.45. The van der Waals surface area contributed by atoms with Gasteiger partial charge in [-0.2, -0.15) is 18.4 Å². The predicted octanol–water partition coefficient (Wildman–Crippen LogP) is 4.52. The molecule has 0 unspecified atom stereocenters. The zero-order chi connectivity index (χ0) is 22.7. The molecule has 0 aliphatic heterocycles. The van der Waals surface area contributed by atoms with Crippen LogP contribution in [-0.2, 0) is 18.0 Å². The van der Waals surface area contributed by atoms with Gasteiger partial charge in [0.25, 0.3) is 0 Å². The Kier molecular flexibility index (Phi) is 4.35. The predicted molar refractivity (Wildman–Crippen MR) is 107 cm³/mol. The Hall–Kier alpha value is -3.41. The average molecular weight is 440 g/mol. The molecule has 3 aliphatic carbocycles.